The highest BCUT2D eigenvalue weighted by atomic mass is 35.5. The standard InChI is InChI=1S/C22H15Cl2N7O/c23-15-6-7-17(18(24)10-15)21(32)26-16-5-1-3-13(9-16)20-11-19(14-4-2-8-25-12-14)27-22-28-29-30-31(20)22/h1-12,20H,(H,26,32)(H,27,28,30). The van der Waals surface area contributed by atoms with E-state index in [-0.39, 0.29) is 17.0 Å². The molecule has 0 aliphatic carbocycles. The molecule has 5 rings (SSSR count). The number of halogens is 2. The van der Waals surface area contributed by atoms with Gasteiger partial charge in [-0.25, -0.2) is 0 Å². The smallest absolute Gasteiger partial charge is 0.257 e. The van der Waals surface area contributed by atoms with Gasteiger partial charge in [-0.2, -0.15) is 4.68 Å². The molecule has 0 spiro atoms. The van der Waals surface area contributed by atoms with Crippen molar-refractivity contribution in [3.05, 3.63) is 99.8 Å². The van der Waals surface area contributed by atoms with Crippen LogP contribution in [0.15, 0.2) is 73.1 Å². The van der Waals surface area contributed by atoms with Gasteiger partial charge in [0, 0.05) is 34.4 Å². The lowest BCUT2D eigenvalue weighted by Crippen LogP contribution is -2.20. The Bertz CT molecular complexity index is 1340. The van der Waals surface area contributed by atoms with Gasteiger partial charge in [-0.1, -0.05) is 40.4 Å². The van der Waals surface area contributed by atoms with E-state index < -0.39 is 0 Å². The molecule has 2 aromatic carbocycles. The van der Waals surface area contributed by atoms with Gasteiger partial charge in [0.1, 0.15) is 6.04 Å². The molecular formula is C22H15Cl2N7O. The molecule has 10 heteroatoms. The predicted molar refractivity (Wildman–Crippen MR) is 123 cm³/mol. The summed E-state index contributed by atoms with van der Waals surface area (Å²) in [5.74, 6) is 0.183. The van der Waals surface area contributed by atoms with E-state index in [1.807, 2.05) is 36.4 Å². The Morgan fingerprint density at radius 2 is 2.00 bits per heavy atom. The number of benzene rings is 2. The van der Waals surface area contributed by atoms with Crippen LogP contribution in [0.5, 0.6) is 0 Å². The number of hydrogen-bond acceptors (Lipinski definition) is 6. The fourth-order valence-electron chi connectivity index (χ4n) is 3.45. The number of hydrogen-bond donors (Lipinski definition) is 2. The van der Waals surface area contributed by atoms with Crippen molar-refractivity contribution in [2.45, 2.75) is 6.04 Å². The number of carbonyl (C=O) groups is 1. The highest BCUT2D eigenvalue weighted by Gasteiger charge is 2.24. The van der Waals surface area contributed by atoms with Gasteiger partial charge >= 0.3 is 0 Å². The Balaban J connectivity index is 1.47. The van der Waals surface area contributed by atoms with Crippen LogP contribution in [-0.4, -0.2) is 31.1 Å². The molecule has 1 amide bonds. The third-order valence-electron chi connectivity index (χ3n) is 4.96. The maximum absolute atomic E-state index is 12.7. The van der Waals surface area contributed by atoms with Gasteiger partial charge in [0.15, 0.2) is 0 Å². The molecule has 2 aromatic heterocycles. The topological polar surface area (TPSA) is 97.6 Å². The molecule has 1 unspecified atom stereocenters. The number of anilines is 2. The van der Waals surface area contributed by atoms with Crippen molar-refractivity contribution in [1.82, 2.24) is 25.2 Å². The lowest BCUT2D eigenvalue weighted by atomic mass is 10.0. The summed E-state index contributed by atoms with van der Waals surface area (Å²) in [6.45, 7) is 0. The second kappa shape index (κ2) is 8.41. The van der Waals surface area contributed by atoms with Crippen LogP contribution >= 0.6 is 23.2 Å². The van der Waals surface area contributed by atoms with Crippen molar-refractivity contribution in [3.8, 4) is 0 Å². The first-order chi connectivity index (χ1) is 15.6. The molecule has 32 heavy (non-hydrogen) atoms. The fraction of sp³-hybridized carbons (Fsp3) is 0.0455. The molecule has 158 valence electrons. The monoisotopic (exact) mass is 463 g/mol. The van der Waals surface area contributed by atoms with E-state index in [2.05, 4.69) is 31.1 Å². The van der Waals surface area contributed by atoms with Crippen molar-refractivity contribution < 1.29 is 4.79 Å². The Morgan fingerprint density at radius 3 is 2.81 bits per heavy atom. The lowest BCUT2D eigenvalue weighted by molar-refractivity contribution is 0.102. The van der Waals surface area contributed by atoms with E-state index in [1.54, 1.807) is 35.3 Å². The number of amides is 1. The molecule has 2 N–H and O–H groups in total. The summed E-state index contributed by atoms with van der Waals surface area (Å²) in [6, 6.07) is 15.8. The number of allylic oxidation sites excluding steroid dienone is 1. The van der Waals surface area contributed by atoms with Crippen LogP contribution < -0.4 is 10.6 Å². The van der Waals surface area contributed by atoms with Gasteiger partial charge in [-0.15, -0.1) is 0 Å². The van der Waals surface area contributed by atoms with E-state index in [0.29, 0.717) is 22.2 Å². The number of rotatable bonds is 4. The molecule has 8 nitrogen and oxygen atoms in total. The van der Waals surface area contributed by atoms with Crippen LogP contribution in [0.25, 0.3) is 5.70 Å². The number of tetrazole rings is 1. The first kappa shape index (κ1) is 20.2. The van der Waals surface area contributed by atoms with Crippen LogP contribution in [0.4, 0.5) is 11.6 Å². The lowest BCUT2D eigenvalue weighted by Gasteiger charge is -2.23. The third kappa shape index (κ3) is 3.93. The van der Waals surface area contributed by atoms with Crippen LogP contribution in [0.1, 0.15) is 27.5 Å². The second-order valence-electron chi connectivity index (χ2n) is 7.04. The van der Waals surface area contributed by atoms with Gasteiger partial charge < -0.3 is 10.6 Å². The first-order valence-corrected chi connectivity index (χ1v) is 10.4. The van der Waals surface area contributed by atoms with Crippen LogP contribution in [0.2, 0.25) is 10.0 Å². The molecule has 1 atom stereocenters. The summed E-state index contributed by atoms with van der Waals surface area (Å²) in [4.78, 5) is 16.9. The molecule has 4 aromatic rings. The van der Waals surface area contributed by atoms with Gasteiger partial charge in [-0.05, 0) is 64.5 Å². The Morgan fingerprint density at radius 1 is 1.09 bits per heavy atom. The third-order valence-corrected chi connectivity index (χ3v) is 5.51. The van der Waals surface area contributed by atoms with E-state index in [9.17, 15) is 4.79 Å². The summed E-state index contributed by atoms with van der Waals surface area (Å²) in [5, 5.41) is 18.8. The van der Waals surface area contributed by atoms with Gasteiger partial charge in [0.25, 0.3) is 5.91 Å². The summed E-state index contributed by atoms with van der Waals surface area (Å²) < 4.78 is 1.68. The first-order valence-electron chi connectivity index (χ1n) is 9.62. The Hall–Kier alpha value is -3.75. The quantitative estimate of drug-likeness (QED) is 0.455. The van der Waals surface area contributed by atoms with E-state index in [0.717, 1.165) is 16.8 Å². The number of carbonyl (C=O) groups excluding carboxylic acids is 1. The number of fused-ring (bicyclic) bond motifs is 1. The Kier molecular flexibility index (Phi) is 5.30. The highest BCUT2D eigenvalue weighted by molar-refractivity contribution is 6.37. The zero-order valence-corrected chi connectivity index (χ0v) is 17.9. The summed E-state index contributed by atoms with van der Waals surface area (Å²) in [5.41, 5.74) is 3.59. The minimum Gasteiger partial charge on any atom is -0.323 e. The Labute approximate surface area is 192 Å². The second-order valence-corrected chi connectivity index (χ2v) is 7.89. The maximum atomic E-state index is 12.7. The average Bonchev–Trinajstić information content (AvgIpc) is 3.28. The molecule has 3 heterocycles. The van der Waals surface area contributed by atoms with Crippen molar-refractivity contribution in [3.63, 3.8) is 0 Å². The molecule has 1 aliphatic rings. The van der Waals surface area contributed by atoms with Crippen molar-refractivity contribution in [2.24, 2.45) is 0 Å². The molecule has 0 saturated carbocycles. The number of nitrogens with one attached hydrogen (secondary N) is 2. The molecule has 0 bridgehead atoms. The molecule has 1 aliphatic heterocycles. The van der Waals surface area contributed by atoms with E-state index in [1.165, 1.54) is 6.07 Å². The number of aromatic nitrogens is 5. The number of nitrogens with zero attached hydrogens (tertiary/aromatic N) is 5. The molecule has 0 radical (unpaired) electrons. The van der Waals surface area contributed by atoms with Gasteiger partial charge in [0.2, 0.25) is 5.95 Å². The summed E-state index contributed by atoms with van der Waals surface area (Å²) in [7, 11) is 0. The molecular weight excluding hydrogens is 449 g/mol. The van der Waals surface area contributed by atoms with Crippen molar-refractivity contribution >= 4 is 46.4 Å². The van der Waals surface area contributed by atoms with Crippen molar-refractivity contribution in [2.75, 3.05) is 10.6 Å². The molecule has 0 fully saturated rings. The SMILES string of the molecule is O=C(Nc1cccc(C2C=C(c3cccnc3)Nc3nnnn32)c1)c1ccc(Cl)cc1Cl. The zero-order chi connectivity index (χ0) is 22.1. The average molecular weight is 464 g/mol. The summed E-state index contributed by atoms with van der Waals surface area (Å²) >= 11 is 12.1. The minimum atomic E-state index is -0.330. The zero-order valence-electron chi connectivity index (χ0n) is 16.4. The normalized spacial score (nSPS) is 14.8. The predicted octanol–water partition coefficient (Wildman–Crippen LogP) is 4.68. The van der Waals surface area contributed by atoms with E-state index in [4.69, 9.17) is 23.2 Å². The largest absolute Gasteiger partial charge is 0.323 e. The van der Waals surface area contributed by atoms with Gasteiger partial charge in [-0.3, -0.25) is 9.78 Å². The van der Waals surface area contributed by atoms with E-state index >= 15 is 0 Å². The summed E-state index contributed by atoms with van der Waals surface area (Å²) in [6.07, 6.45) is 5.49. The van der Waals surface area contributed by atoms with Crippen molar-refractivity contribution in [1.29, 1.82) is 0 Å². The highest BCUT2D eigenvalue weighted by Crippen LogP contribution is 2.32. The maximum Gasteiger partial charge on any atom is 0.257 e. The van der Waals surface area contributed by atoms with Crippen LogP contribution in [0, 0.1) is 0 Å². The van der Waals surface area contributed by atoms with Gasteiger partial charge in [0.05, 0.1) is 10.6 Å². The molecule has 0 saturated heterocycles. The van der Waals surface area contributed by atoms with Crippen LogP contribution in [-0.2, 0) is 0 Å². The van der Waals surface area contributed by atoms with Crippen LogP contribution in [0.3, 0.4) is 0 Å². The minimum absolute atomic E-state index is 0.284. The number of pyridine rings is 1. The fourth-order valence-corrected chi connectivity index (χ4v) is 3.95.